The highest BCUT2D eigenvalue weighted by atomic mass is 35.5. The third kappa shape index (κ3) is 4.68. The monoisotopic (exact) mass is 419 g/mol. The standard InChI is InChI=1S/C22H23Cl2NO3/c1-14-9-15(2)18(11-16-3-4-20(23)21(24)12-16)19(10-14)22(27)25-7-5-17(6-8-25)28-13-26/h3-4,9-10,12-13,17H,5-8,11H2,1-2H3. The zero-order valence-corrected chi connectivity index (χ0v) is 17.5. The number of rotatable bonds is 5. The summed E-state index contributed by atoms with van der Waals surface area (Å²) in [6.07, 6.45) is 1.83. The van der Waals surface area contributed by atoms with Crippen LogP contribution in [0.2, 0.25) is 10.0 Å². The predicted octanol–water partition coefficient (Wildman–Crippen LogP) is 4.98. The largest absolute Gasteiger partial charge is 0.464 e. The van der Waals surface area contributed by atoms with E-state index in [-0.39, 0.29) is 12.0 Å². The van der Waals surface area contributed by atoms with Gasteiger partial charge in [0.15, 0.2) is 0 Å². The van der Waals surface area contributed by atoms with E-state index in [0.717, 1.165) is 27.8 Å². The Balaban J connectivity index is 1.87. The minimum absolute atomic E-state index is 0.0198. The molecule has 28 heavy (non-hydrogen) atoms. The van der Waals surface area contributed by atoms with Crippen LogP contribution in [-0.4, -0.2) is 36.5 Å². The summed E-state index contributed by atoms with van der Waals surface area (Å²) >= 11 is 12.2. The van der Waals surface area contributed by atoms with Gasteiger partial charge in [-0.3, -0.25) is 9.59 Å². The molecule has 1 heterocycles. The Morgan fingerprint density at radius 1 is 1.14 bits per heavy atom. The molecule has 0 unspecified atom stereocenters. The molecule has 0 saturated carbocycles. The van der Waals surface area contributed by atoms with E-state index >= 15 is 0 Å². The number of hydrogen-bond donors (Lipinski definition) is 0. The number of carbonyl (C=O) groups excluding carboxylic acids is 2. The maximum Gasteiger partial charge on any atom is 0.293 e. The third-order valence-corrected chi connectivity index (χ3v) is 5.93. The maximum absolute atomic E-state index is 13.3. The Kier molecular flexibility index (Phi) is 6.63. The normalized spacial score (nSPS) is 14.8. The minimum atomic E-state index is -0.100. The predicted molar refractivity (Wildman–Crippen MR) is 111 cm³/mol. The van der Waals surface area contributed by atoms with Crippen molar-refractivity contribution in [2.24, 2.45) is 0 Å². The number of hydrogen-bond acceptors (Lipinski definition) is 3. The molecule has 3 rings (SSSR count). The highest BCUT2D eigenvalue weighted by Crippen LogP contribution is 2.27. The van der Waals surface area contributed by atoms with Gasteiger partial charge in [0.2, 0.25) is 0 Å². The number of aryl methyl sites for hydroxylation is 2. The second kappa shape index (κ2) is 8.97. The number of ether oxygens (including phenoxy) is 1. The fraction of sp³-hybridized carbons (Fsp3) is 0.364. The van der Waals surface area contributed by atoms with Crippen molar-refractivity contribution in [2.75, 3.05) is 13.1 Å². The number of amides is 1. The summed E-state index contributed by atoms with van der Waals surface area (Å²) in [6, 6.07) is 9.61. The van der Waals surface area contributed by atoms with Crippen LogP contribution in [0.25, 0.3) is 0 Å². The summed E-state index contributed by atoms with van der Waals surface area (Å²) in [4.78, 5) is 25.6. The van der Waals surface area contributed by atoms with Crippen molar-refractivity contribution >= 4 is 35.6 Å². The summed E-state index contributed by atoms with van der Waals surface area (Å²) in [7, 11) is 0. The molecule has 0 bridgehead atoms. The number of piperidine rings is 1. The molecule has 1 aliphatic rings. The van der Waals surface area contributed by atoms with Crippen molar-refractivity contribution in [2.45, 2.75) is 39.2 Å². The van der Waals surface area contributed by atoms with Crippen molar-refractivity contribution in [1.29, 1.82) is 0 Å². The van der Waals surface area contributed by atoms with Crippen LogP contribution in [0, 0.1) is 13.8 Å². The average molecular weight is 420 g/mol. The van der Waals surface area contributed by atoms with E-state index < -0.39 is 0 Å². The lowest BCUT2D eigenvalue weighted by Gasteiger charge is -2.31. The van der Waals surface area contributed by atoms with Crippen LogP contribution in [0.5, 0.6) is 0 Å². The van der Waals surface area contributed by atoms with Gasteiger partial charge in [-0.05, 0) is 55.2 Å². The summed E-state index contributed by atoms with van der Waals surface area (Å²) < 4.78 is 5.04. The van der Waals surface area contributed by atoms with Gasteiger partial charge in [0.1, 0.15) is 6.10 Å². The molecule has 0 aliphatic carbocycles. The van der Waals surface area contributed by atoms with Gasteiger partial charge in [-0.25, -0.2) is 0 Å². The van der Waals surface area contributed by atoms with Crippen LogP contribution in [0.15, 0.2) is 30.3 Å². The summed E-state index contributed by atoms with van der Waals surface area (Å²) in [6.45, 7) is 5.67. The Bertz CT molecular complexity index is 890. The highest BCUT2D eigenvalue weighted by Gasteiger charge is 2.26. The van der Waals surface area contributed by atoms with Gasteiger partial charge in [-0.2, -0.15) is 0 Å². The van der Waals surface area contributed by atoms with Crippen LogP contribution in [0.3, 0.4) is 0 Å². The highest BCUT2D eigenvalue weighted by molar-refractivity contribution is 6.42. The molecule has 0 N–H and O–H groups in total. The first-order valence-corrected chi connectivity index (χ1v) is 10.1. The quantitative estimate of drug-likeness (QED) is 0.641. The Morgan fingerprint density at radius 3 is 2.50 bits per heavy atom. The van der Waals surface area contributed by atoms with E-state index in [4.69, 9.17) is 27.9 Å². The number of nitrogens with zero attached hydrogens (tertiary/aromatic N) is 1. The first-order chi connectivity index (χ1) is 13.4. The topological polar surface area (TPSA) is 46.6 Å². The molecular formula is C22H23Cl2NO3. The zero-order valence-electron chi connectivity index (χ0n) is 16.0. The lowest BCUT2D eigenvalue weighted by molar-refractivity contribution is -0.135. The molecule has 2 aromatic carbocycles. The second-order valence-electron chi connectivity index (χ2n) is 7.26. The van der Waals surface area contributed by atoms with Gasteiger partial charge >= 0.3 is 0 Å². The molecule has 6 heteroatoms. The smallest absolute Gasteiger partial charge is 0.293 e. The summed E-state index contributed by atoms with van der Waals surface area (Å²) in [5.74, 6) is 0.0198. The zero-order chi connectivity index (χ0) is 20.3. The number of benzene rings is 2. The van der Waals surface area contributed by atoms with E-state index in [1.54, 1.807) is 6.07 Å². The molecule has 0 radical (unpaired) electrons. The van der Waals surface area contributed by atoms with E-state index in [2.05, 4.69) is 6.07 Å². The lowest BCUT2D eigenvalue weighted by Crippen LogP contribution is -2.41. The molecule has 148 valence electrons. The Labute approximate surface area is 175 Å². The summed E-state index contributed by atoms with van der Waals surface area (Å²) in [5, 5.41) is 1.02. The van der Waals surface area contributed by atoms with Crippen LogP contribution >= 0.6 is 23.2 Å². The molecular weight excluding hydrogens is 397 g/mol. The maximum atomic E-state index is 13.3. The molecule has 1 aliphatic heterocycles. The van der Waals surface area contributed by atoms with Gasteiger partial charge in [0, 0.05) is 31.5 Å². The lowest BCUT2D eigenvalue weighted by atomic mass is 9.92. The third-order valence-electron chi connectivity index (χ3n) is 5.19. The number of halogens is 2. The fourth-order valence-corrected chi connectivity index (χ4v) is 4.04. The SMILES string of the molecule is Cc1cc(C)c(Cc2ccc(Cl)c(Cl)c2)c(C(=O)N2CCC(OC=O)CC2)c1. The van der Waals surface area contributed by atoms with Crippen molar-refractivity contribution in [3.05, 3.63) is 68.2 Å². The van der Waals surface area contributed by atoms with Crippen molar-refractivity contribution in [3.63, 3.8) is 0 Å². The van der Waals surface area contributed by atoms with E-state index in [1.165, 1.54) is 0 Å². The minimum Gasteiger partial charge on any atom is -0.464 e. The van der Waals surface area contributed by atoms with Crippen molar-refractivity contribution in [3.8, 4) is 0 Å². The van der Waals surface area contributed by atoms with E-state index in [1.807, 2.05) is 36.9 Å². The molecule has 0 spiro atoms. The second-order valence-corrected chi connectivity index (χ2v) is 8.07. The molecule has 0 aromatic heterocycles. The van der Waals surface area contributed by atoms with E-state index in [0.29, 0.717) is 48.9 Å². The number of carbonyl (C=O) groups is 2. The Hall–Kier alpha value is -2.04. The van der Waals surface area contributed by atoms with Gasteiger partial charge in [0.05, 0.1) is 10.0 Å². The van der Waals surface area contributed by atoms with Crippen molar-refractivity contribution < 1.29 is 14.3 Å². The molecule has 1 fully saturated rings. The molecule has 1 saturated heterocycles. The Morgan fingerprint density at radius 2 is 1.86 bits per heavy atom. The van der Waals surface area contributed by atoms with Crippen LogP contribution < -0.4 is 0 Å². The molecule has 0 atom stereocenters. The average Bonchev–Trinajstić information content (AvgIpc) is 2.67. The van der Waals surface area contributed by atoms with Crippen LogP contribution in [-0.2, 0) is 16.0 Å². The molecule has 4 nitrogen and oxygen atoms in total. The summed E-state index contributed by atoms with van der Waals surface area (Å²) in [5.41, 5.74) is 4.86. The first kappa shape index (κ1) is 20.7. The molecule has 1 amide bonds. The van der Waals surface area contributed by atoms with Gasteiger partial charge in [0.25, 0.3) is 12.4 Å². The van der Waals surface area contributed by atoms with Gasteiger partial charge in [-0.15, -0.1) is 0 Å². The van der Waals surface area contributed by atoms with Crippen LogP contribution in [0.4, 0.5) is 0 Å². The van der Waals surface area contributed by atoms with Crippen LogP contribution in [0.1, 0.15) is 45.5 Å². The fourth-order valence-electron chi connectivity index (χ4n) is 3.72. The van der Waals surface area contributed by atoms with E-state index in [9.17, 15) is 9.59 Å². The first-order valence-electron chi connectivity index (χ1n) is 9.31. The number of likely N-dealkylation sites (tertiary alicyclic amines) is 1. The molecule has 2 aromatic rings. The van der Waals surface area contributed by atoms with Crippen molar-refractivity contribution in [1.82, 2.24) is 4.90 Å². The van der Waals surface area contributed by atoms with Gasteiger partial charge in [-0.1, -0.05) is 40.9 Å². The van der Waals surface area contributed by atoms with Gasteiger partial charge < -0.3 is 9.64 Å².